The lowest BCUT2D eigenvalue weighted by molar-refractivity contribution is -0.125. The van der Waals surface area contributed by atoms with E-state index in [1.54, 1.807) is 6.20 Å². The summed E-state index contributed by atoms with van der Waals surface area (Å²) in [4.78, 5) is 21.1. The standard InChI is InChI=1S/C18H14N4O2S/c19-9-14-10-21-18(25-14)22-17(23)12-7-13(8-12)24-15-5-1-3-11-4-2-6-20-16(11)15/h1-6,10,12-13H,7-8H2,(H,21,22,23)/t12-,13-. The molecule has 2 aromatic heterocycles. The molecule has 6 nitrogen and oxygen atoms in total. The molecule has 1 aromatic carbocycles. The summed E-state index contributed by atoms with van der Waals surface area (Å²) < 4.78 is 6.02. The van der Waals surface area contributed by atoms with Crippen LogP contribution < -0.4 is 10.1 Å². The molecule has 0 spiro atoms. The average molecular weight is 350 g/mol. The minimum atomic E-state index is -0.0950. The molecule has 0 radical (unpaired) electrons. The minimum Gasteiger partial charge on any atom is -0.488 e. The van der Waals surface area contributed by atoms with Crippen LogP contribution in [0.2, 0.25) is 0 Å². The van der Waals surface area contributed by atoms with E-state index in [1.165, 1.54) is 17.5 Å². The van der Waals surface area contributed by atoms with Crippen LogP contribution in [0.25, 0.3) is 10.9 Å². The van der Waals surface area contributed by atoms with Gasteiger partial charge in [0.25, 0.3) is 0 Å². The molecule has 124 valence electrons. The van der Waals surface area contributed by atoms with E-state index in [1.807, 2.05) is 36.4 Å². The summed E-state index contributed by atoms with van der Waals surface area (Å²) in [7, 11) is 0. The summed E-state index contributed by atoms with van der Waals surface area (Å²) in [5.74, 6) is 0.581. The number of aromatic nitrogens is 2. The van der Waals surface area contributed by atoms with E-state index >= 15 is 0 Å². The van der Waals surface area contributed by atoms with Crippen LogP contribution in [-0.2, 0) is 4.79 Å². The summed E-state index contributed by atoms with van der Waals surface area (Å²) in [5, 5.41) is 13.0. The quantitative estimate of drug-likeness (QED) is 0.779. The SMILES string of the molecule is N#Cc1cnc(NC(=O)[C@H]2C[C@H](Oc3cccc4cccnc34)C2)s1. The highest BCUT2D eigenvalue weighted by molar-refractivity contribution is 7.16. The van der Waals surface area contributed by atoms with Gasteiger partial charge in [0.05, 0.1) is 6.20 Å². The first kappa shape index (κ1) is 15.5. The summed E-state index contributed by atoms with van der Waals surface area (Å²) in [5.41, 5.74) is 0.838. The second kappa shape index (κ2) is 6.49. The van der Waals surface area contributed by atoms with E-state index in [0.717, 1.165) is 16.7 Å². The van der Waals surface area contributed by atoms with E-state index in [0.29, 0.717) is 22.9 Å². The Balaban J connectivity index is 1.35. The third-order valence-corrected chi connectivity index (χ3v) is 5.02. The zero-order valence-electron chi connectivity index (χ0n) is 13.2. The van der Waals surface area contributed by atoms with Gasteiger partial charge in [0.1, 0.15) is 28.3 Å². The second-order valence-corrected chi connectivity index (χ2v) is 6.90. The number of thiazole rings is 1. The van der Waals surface area contributed by atoms with Crippen LogP contribution in [0.1, 0.15) is 17.7 Å². The number of para-hydroxylation sites is 1. The van der Waals surface area contributed by atoms with Crippen molar-refractivity contribution in [3.8, 4) is 11.8 Å². The number of carbonyl (C=O) groups is 1. The Morgan fingerprint density at radius 1 is 1.28 bits per heavy atom. The van der Waals surface area contributed by atoms with Gasteiger partial charge in [0.15, 0.2) is 5.13 Å². The molecule has 7 heteroatoms. The highest BCUT2D eigenvalue weighted by atomic mass is 32.1. The number of carbonyl (C=O) groups excluding carboxylic acids is 1. The number of nitriles is 1. The largest absolute Gasteiger partial charge is 0.488 e. The van der Waals surface area contributed by atoms with Crippen molar-refractivity contribution < 1.29 is 9.53 Å². The van der Waals surface area contributed by atoms with Crippen molar-refractivity contribution in [3.63, 3.8) is 0 Å². The fourth-order valence-electron chi connectivity index (χ4n) is 2.82. The number of hydrogen-bond donors (Lipinski definition) is 1. The van der Waals surface area contributed by atoms with Gasteiger partial charge >= 0.3 is 0 Å². The molecule has 0 aliphatic heterocycles. The van der Waals surface area contributed by atoms with Crippen molar-refractivity contribution in [2.45, 2.75) is 18.9 Å². The van der Waals surface area contributed by atoms with E-state index in [4.69, 9.17) is 10.00 Å². The molecule has 1 amide bonds. The molecule has 4 rings (SSSR count). The Labute approximate surface area is 148 Å². The number of rotatable bonds is 4. The highest BCUT2D eigenvalue weighted by Gasteiger charge is 2.36. The smallest absolute Gasteiger partial charge is 0.229 e. The van der Waals surface area contributed by atoms with E-state index in [9.17, 15) is 4.79 Å². The topological polar surface area (TPSA) is 87.9 Å². The Hall–Kier alpha value is -2.98. The number of anilines is 1. The molecule has 0 atom stereocenters. The van der Waals surface area contributed by atoms with Crippen LogP contribution in [0.3, 0.4) is 0 Å². The third-order valence-electron chi connectivity index (χ3n) is 4.20. The van der Waals surface area contributed by atoms with Crippen LogP contribution in [-0.4, -0.2) is 22.0 Å². The van der Waals surface area contributed by atoms with Crippen molar-refractivity contribution in [2.75, 3.05) is 5.32 Å². The molecule has 25 heavy (non-hydrogen) atoms. The number of benzene rings is 1. The molecule has 0 saturated heterocycles. The van der Waals surface area contributed by atoms with E-state index in [-0.39, 0.29) is 17.9 Å². The Bertz CT molecular complexity index is 967. The number of fused-ring (bicyclic) bond motifs is 1. The Morgan fingerprint density at radius 3 is 2.92 bits per heavy atom. The van der Waals surface area contributed by atoms with E-state index < -0.39 is 0 Å². The molecule has 1 saturated carbocycles. The summed E-state index contributed by atoms with van der Waals surface area (Å²) in [6, 6.07) is 11.7. The van der Waals surface area contributed by atoms with Crippen molar-refractivity contribution in [1.29, 1.82) is 5.26 Å². The minimum absolute atomic E-state index is 0.00863. The lowest BCUT2D eigenvalue weighted by atomic mass is 9.81. The zero-order chi connectivity index (χ0) is 17.2. The number of nitrogens with one attached hydrogen (secondary N) is 1. The molecule has 3 aromatic rings. The molecule has 1 fully saturated rings. The fraction of sp³-hybridized carbons (Fsp3) is 0.222. The second-order valence-electron chi connectivity index (χ2n) is 5.87. The number of amides is 1. The van der Waals surface area contributed by atoms with Gasteiger partial charge < -0.3 is 10.1 Å². The zero-order valence-corrected chi connectivity index (χ0v) is 14.0. The van der Waals surface area contributed by atoms with Crippen LogP contribution in [0.15, 0.2) is 42.7 Å². The molecule has 2 heterocycles. The van der Waals surface area contributed by atoms with Gasteiger partial charge in [-0.3, -0.25) is 9.78 Å². The number of ether oxygens (including phenoxy) is 1. The Morgan fingerprint density at radius 2 is 2.12 bits per heavy atom. The van der Waals surface area contributed by atoms with Crippen LogP contribution in [0.4, 0.5) is 5.13 Å². The lowest BCUT2D eigenvalue weighted by Gasteiger charge is -2.34. The first-order valence-corrected chi connectivity index (χ1v) is 8.72. The predicted molar refractivity (Wildman–Crippen MR) is 94.3 cm³/mol. The maximum atomic E-state index is 12.2. The van der Waals surface area contributed by atoms with Gasteiger partial charge in [0.2, 0.25) is 5.91 Å². The van der Waals surface area contributed by atoms with Gasteiger partial charge in [0, 0.05) is 17.5 Å². The molecule has 1 aliphatic carbocycles. The maximum absolute atomic E-state index is 12.2. The van der Waals surface area contributed by atoms with Gasteiger partial charge in [-0.25, -0.2) is 4.98 Å². The van der Waals surface area contributed by atoms with Crippen LogP contribution >= 0.6 is 11.3 Å². The number of pyridine rings is 1. The first-order chi connectivity index (χ1) is 12.2. The summed E-state index contributed by atoms with van der Waals surface area (Å²) in [6.07, 6.45) is 4.53. The average Bonchev–Trinajstić information content (AvgIpc) is 3.05. The summed E-state index contributed by atoms with van der Waals surface area (Å²) in [6.45, 7) is 0. The van der Waals surface area contributed by atoms with Crippen molar-refractivity contribution in [3.05, 3.63) is 47.6 Å². The lowest BCUT2D eigenvalue weighted by Crippen LogP contribution is -2.40. The highest BCUT2D eigenvalue weighted by Crippen LogP contribution is 2.34. The molecular weight excluding hydrogens is 336 g/mol. The fourth-order valence-corrected chi connectivity index (χ4v) is 3.43. The maximum Gasteiger partial charge on any atom is 0.229 e. The van der Waals surface area contributed by atoms with Gasteiger partial charge in [-0.1, -0.05) is 29.5 Å². The van der Waals surface area contributed by atoms with Gasteiger partial charge in [-0.2, -0.15) is 5.26 Å². The Kier molecular flexibility index (Phi) is 4.04. The normalized spacial score (nSPS) is 19.0. The van der Waals surface area contributed by atoms with Crippen LogP contribution in [0, 0.1) is 17.2 Å². The molecule has 0 bridgehead atoms. The number of hydrogen-bond acceptors (Lipinski definition) is 6. The van der Waals surface area contributed by atoms with Crippen molar-refractivity contribution in [2.24, 2.45) is 5.92 Å². The molecule has 1 aliphatic rings. The molecular formula is C18H14N4O2S. The predicted octanol–water partition coefficient (Wildman–Crippen LogP) is 3.36. The monoisotopic (exact) mass is 350 g/mol. The summed E-state index contributed by atoms with van der Waals surface area (Å²) >= 11 is 1.17. The van der Waals surface area contributed by atoms with Crippen molar-refractivity contribution in [1.82, 2.24) is 9.97 Å². The van der Waals surface area contributed by atoms with Gasteiger partial charge in [-0.15, -0.1) is 0 Å². The van der Waals surface area contributed by atoms with E-state index in [2.05, 4.69) is 15.3 Å². The third kappa shape index (κ3) is 3.16. The number of nitrogens with zero attached hydrogens (tertiary/aromatic N) is 3. The molecule has 1 N–H and O–H groups in total. The van der Waals surface area contributed by atoms with Gasteiger partial charge in [-0.05, 0) is 25.0 Å². The van der Waals surface area contributed by atoms with Crippen molar-refractivity contribution >= 4 is 33.3 Å². The molecule has 0 unspecified atom stereocenters. The van der Waals surface area contributed by atoms with Crippen LogP contribution in [0.5, 0.6) is 5.75 Å². The first-order valence-electron chi connectivity index (χ1n) is 7.90.